The molecule has 0 aliphatic carbocycles. The Hall–Kier alpha value is -2.56. The third kappa shape index (κ3) is 6.22. The van der Waals surface area contributed by atoms with Gasteiger partial charge in [0.25, 0.3) is 0 Å². The van der Waals surface area contributed by atoms with Crippen LogP contribution in [0.1, 0.15) is 55.4 Å². The first-order valence-corrected chi connectivity index (χ1v) is 10.4. The van der Waals surface area contributed by atoms with Gasteiger partial charge >= 0.3 is 0 Å². The summed E-state index contributed by atoms with van der Waals surface area (Å²) >= 11 is 0. The van der Waals surface area contributed by atoms with Crippen LogP contribution >= 0.6 is 0 Å². The van der Waals surface area contributed by atoms with E-state index < -0.39 is 17.5 Å². The first-order valence-electron chi connectivity index (χ1n) is 10.4. The van der Waals surface area contributed by atoms with Gasteiger partial charge in [-0.15, -0.1) is 0 Å². The number of hydrogen-bond donors (Lipinski definition) is 0. The second-order valence-corrected chi connectivity index (χ2v) is 7.67. The molecular formula is C25H31F3N2. The average Bonchev–Trinajstić information content (AvgIpc) is 2.69. The molecule has 0 N–H and O–H groups in total. The van der Waals surface area contributed by atoms with Crippen molar-refractivity contribution in [2.24, 2.45) is 4.99 Å². The molecule has 2 aromatic carbocycles. The van der Waals surface area contributed by atoms with E-state index in [4.69, 9.17) is 0 Å². The molecule has 30 heavy (non-hydrogen) atoms. The van der Waals surface area contributed by atoms with Gasteiger partial charge in [0.2, 0.25) is 0 Å². The summed E-state index contributed by atoms with van der Waals surface area (Å²) in [6, 6.07) is 5.49. The Balaban J connectivity index is 2.46. The van der Waals surface area contributed by atoms with Crippen molar-refractivity contribution in [3.8, 4) is 0 Å². The van der Waals surface area contributed by atoms with Crippen LogP contribution in [0.4, 0.5) is 18.9 Å². The van der Waals surface area contributed by atoms with E-state index in [9.17, 15) is 13.2 Å². The molecule has 0 amide bonds. The monoisotopic (exact) mass is 416 g/mol. The summed E-state index contributed by atoms with van der Waals surface area (Å²) in [5.74, 6) is -2.62. The van der Waals surface area contributed by atoms with E-state index in [0.717, 1.165) is 65.9 Å². The molecular weight excluding hydrogens is 385 g/mol. The van der Waals surface area contributed by atoms with Crippen LogP contribution in [0.2, 0.25) is 0 Å². The van der Waals surface area contributed by atoms with Gasteiger partial charge in [0, 0.05) is 37.7 Å². The lowest BCUT2D eigenvalue weighted by atomic mass is 9.91. The normalized spacial score (nSPS) is 12.1. The average molecular weight is 417 g/mol. The number of rotatable bonds is 9. The first kappa shape index (κ1) is 23.7. The molecule has 0 aliphatic heterocycles. The molecule has 0 unspecified atom stereocenters. The van der Waals surface area contributed by atoms with Crippen molar-refractivity contribution in [1.82, 2.24) is 4.90 Å². The standard InChI is InChI=1S/C25H31F3N2/c1-6-8-9-10-19(13-22-23(27)14-20(26)15-24(22)28)21-11-18(4)25(12-17(21)3)29-16-30(5)7-2/h10-12,14-16H,6-9,13H2,1-5H3/b19-10+,29-16?. The molecule has 0 heterocycles. The zero-order valence-electron chi connectivity index (χ0n) is 18.5. The van der Waals surface area contributed by atoms with Gasteiger partial charge < -0.3 is 4.90 Å². The Bertz CT molecular complexity index is 909. The first-order chi connectivity index (χ1) is 14.3. The van der Waals surface area contributed by atoms with Gasteiger partial charge in [-0.05, 0) is 61.6 Å². The summed E-state index contributed by atoms with van der Waals surface area (Å²) in [4.78, 5) is 6.54. The van der Waals surface area contributed by atoms with E-state index in [1.165, 1.54) is 0 Å². The van der Waals surface area contributed by atoms with E-state index >= 15 is 0 Å². The molecule has 0 bridgehead atoms. The summed E-state index contributed by atoms with van der Waals surface area (Å²) in [6.45, 7) is 8.96. The van der Waals surface area contributed by atoms with E-state index in [2.05, 4.69) is 11.9 Å². The van der Waals surface area contributed by atoms with Crippen LogP contribution in [0, 0.1) is 31.3 Å². The number of unbranched alkanes of at least 4 members (excludes halogenated alkanes) is 2. The Labute approximate surface area is 178 Å². The van der Waals surface area contributed by atoms with E-state index in [1.54, 1.807) is 6.34 Å². The maximum absolute atomic E-state index is 14.3. The number of aryl methyl sites for hydroxylation is 2. The number of aliphatic imine (C=N–C) groups is 1. The van der Waals surface area contributed by atoms with Crippen molar-refractivity contribution in [2.75, 3.05) is 13.6 Å². The molecule has 0 aliphatic rings. The van der Waals surface area contributed by atoms with Gasteiger partial charge in [-0.1, -0.05) is 25.8 Å². The third-order valence-corrected chi connectivity index (χ3v) is 5.20. The molecule has 0 spiro atoms. The predicted octanol–water partition coefficient (Wildman–Crippen LogP) is 7.15. The highest BCUT2D eigenvalue weighted by Gasteiger charge is 2.16. The summed E-state index contributed by atoms with van der Waals surface area (Å²) < 4.78 is 41.9. The lowest BCUT2D eigenvalue weighted by Gasteiger charge is -2.16. The molecule has 2 aromatic rings. The van der Waals surface area contributed by atoms with E-state index in [-0.39, 0.29) is 12.0 Å². The fourth-order valence-corrected chi connectivity index (χ4v) is 3.22. The minimum atomic E-state index is -0.906. The smallest absolute Gasteiger partial charge is 0.132 e. The SMILES string of the molecule is CCCC/C=C(\Cc1c(F)cc(F)cc1F)c1cc(C)c(N=CN(C)CC)cc1C. The molecule has 5 heteroatoms. The topological polar surface area (TPSA) is 15.6 Å². The van der Waals surface area contributed by atoms with Gasteiger partial charge in [0.05, 0.1) is 12.0 Å². The molecule has 2 nitrogen and oxygen atoms in total. The molecule has 2 rings (SSSR count). The molecule has 0 aromatic heterocycles. The number of hydrogen-bond acceptors (Lipinski definition) is 1. The van der Waals surface area contributed by atoms with Crippen LogP contribution in [0.25, 0.3) is 5.57 Å². The highest BCUT2D eigenvalue weighted by Crippen LogP contribution is 2.31. The minimum Gasteiger partial charge on any atom is -0.366 e. The summed E-state index contributed by atoms with van der Waals surface area (Å²) in [7, 11) is 1.96. The predicted molar refractivity (Wildman–Crippen MR) is 120 cm³/mol. The van der Waals surface area contributed by atoms with Crippen molar-refractivity contribution in [3.63, 3.8) is 0 Å². The van der Waals surface area contributed by atoms with Crippen LogP contribution in [0.5, 0.6) is 0 Å². The molecule has 0 fully saturated rings. The van der Waals surface area contributed by atoms with Crippen molar-refractivity contribution in [2.45, 2.75) is 53.4 Å². The Morgan fingerprint density at radius 3 is 2.27 bits per heavy atom. The highest BCUT2D eigenvalue weighted by atomic mass is 19.1. The maximum Gasteiger partial charge on any atom is 0.132 e. The van der Waals surface area contributed by atoms with Crippen LogP contribution in [0.3, 0.4) is 0 Å². The number of nitrogens with zero attached hydrogens (tertiary/aromatic N) is 2. The number of halogens is 3. The van der Waals surface area contributed by atoms with Crippen LogP contribution in [0.15, 0.2) is 35.3 Å². The van der Waals surface area contributed by atoms with Crippen LogP contribution in [-0.2, 0) is 6.42 Å². The van der Waals surface area contributed by atoms with Crippen LogP contribution < -0.4 is 0 Å². The summed E-state index contributed by atoms with van der Waals surface area (Å²) in [5.41, 5.74) is 4.51. The van der Waals surface area contributed by atoms with Crippen molar-refractivity contribution in [3.05, 3.63) is 70.0 Å². The van der Waals surface area contributed by atoms with E-state index in [0.29, 0.717) is 0 Å². The van der Waals surface area contributed by atoms with Crippen molar-refractivity contribution in [1.29, 1.82) is 0 Å². The van der Waals surface area contributed by atoms with Crippen molar-refractivity contribution < 1.29 is 13.2 Å². The lowest BCUT2D eigenvalue weighted by Crippen LogP contribution is -2.14. The molecule has 0 radical (unpaired) electrons. The molecule has 0 saturated carbocycles. The number of allylic oxidation sites excluding steroid dienone is 2. The Morgan fingerprint density at radius 1 is 1.00 bits per heavy atom. The highest BCUT2D eigenvalue weighted by molar-refractivity contribution is 5.74. The largest absolute Gasteiger partial charge is 0.366 e. The lowest BCUT2D eigenvalue weighted by molar-refractivity contribution is 0.529. The fourth-order valence-electron chi connectivity index (χ4n) is 3.22. The fraction of sp³-hybridized carbons (Fsp3) is 0.400. The molecule has 162 valence electrons. The Morgan fingerprint density at radius 2 is 1.67 bits per heavy atom. The van der Waals surface area contributed by atoms with Gasteiger partial charge in [-0.2, -0.15) is 0 Å². The zero-order chi connectivity index (χ0) is 22.3. The molecule has 0 saturated heterocycles. The number of benzene rings is 2. The second-order valence-electron chi connectivity index (χ2n) is 7.67. The van der Waals surface area contributed by atoms with Gasteiger partial charge in [-0.3, -0.25) is 0 Å². The summed E-state index contributed by atoms with van der Waals surface area (Å²) in [5, 5.41) is 0. The van der Waals surface area contributed by atoms with Gasteiger partial charge in [-0.25, -0.2) is 18.2 Å². The quantitative estimate of drug-likeness (QED) is 0.241. The van der Waals surface area contributed by atoms with Gasteiger partial charge in [0.1, 0.15) is 17.5 Å². The summed E-state index contributed by atoms with van der Waals surface area (Å²) in [6.07, 6.45) is 6.74. The zero-order valence-corrected chi connectivity index (χ0v) is 18.5. The second kappa shape index (κ2) is 11.0. The minimum absolute atomic E-state index is 0.0725. The third-order valence-electron chi connectivity index (χ3n) is 5.20. The molecule has 0 atom stereocenters. The van der Waals surface area contributed by atoms with Crippen LogP contribution in [-0.4, -0.2) is 24.8 Å². The van der Waals surface area contributed by atoms with E-state index in [1.807, 2.05) is 50.9 Å². The van der Waals surface area contributed by atoms with Gasteiger partial charge in [0.15, 0.2) is 0 Å². The maximum atomic E-state index is 14.3. The van der Waals surface area contributed by atoms with Crippen molar-refractivity contribution >= 4 is 17.6 Å². The Kier molecular flexibility index (Phi) is 8.70.